The van der Waals surface area contributed by atoms with Crippen molar-refractivity contribution in [3.63, 3.8) is 0 Å². The fourth-order valence-electron chi connectivity index (χ4n) is 2.19. The molecule has 1 aromatic heterocycles. The van der Waals surface area contributed by atoms with Gasteiger partial charge in [-0.05, 0) is 41.1 Å². The molecule has 0 radical (unpaired) electrons. The molecule has 2 rings (SSSR count). The molecule has 2 heterocycles. The highest BCUT2D eigenvalue weighted by atomic mass is 79.9. The molecule has 1 fully saturated rings. The highest BCUT2D eigenvalue weighted by Gasteiger charge is 2.21. The molecule has 0 N–H and O–H groups in total. The molecule has 4 nitrogen and oxygen atoms in total. The van der Waals surface area contributed by atoms with E-state index in [9.17, 15) is 4.79 Å². The third-order valence-electron chi connectivity index (χ3n) is 3.23. The van der Waals surface area contributed by atoms with E-state index in [1.54, 1.807) is 13.1 Å². The minimum Gasteiger partial charge on any atom is -0.343 e. The van der Waals surface area contributed by atoms with E-state index in [2.05, 4.69) is 25.9 Å². The minimum atomic E-state index is 0.187. The number of carbonyl (C=O) groups is 1. The Labute approximate surface area is 110 Å². The summed E-state index contributed by atoms with van der Waals surface area (Å²) in [5, 5.41) is 0. The number of nitrogens with zero attached hydrogens (tertiary/aromatic N) is 3. The second-order valence-electron chi connectivity index (χ2n) is 4.48. The van der Waals surface area contributed by atoms with Crippen LogP contribution in [0.5, 0.6) is 0 Å². The molecule has 92 valence electrons. The molecular weight excluding hydrogens is 282 g/mol. The third kappa shape index (κ3) is 3.49. The van der Waals surface area contributed by atoms with Gasteiger partial charge in [-0.25, -0.2) is 4.98 Å². The van der Waals surface area contributed by atoms with Crippen LogP contribution in [0.4, 0.5) is 0 Å². The van der Waals surface area contributed by atoms with Crippen LogP contribution in [0.3, 0.4) is 0 Å². The van der Waals surface area contributed by atoms with Crippen molar-refractivity contribution in [1.29, 1.82) is 0 Å². The minimum absolute atomic E-state index is 0.187. The summed E-state index contributed by atoms with van der Waals surface area (Å²) in [5.41, 5.74) is 1.04. The SMILES string of the molecule is CC(=O)N1CCC(Cc2cnc(Br)cn2)CC1. The number of likely N-dealkylation sites (tertiary alicyclic amines) is 1. The first-order valence-corrected chi connectivity index (χ1v) is 6.66. The molecule has 5 heteroatoms. The van der Waals surface area contributed by atoms with Crippen LogP contribution < -0.4 is 0 Å². The topological polar surface area (TPSA) is 46.1 Å². The summed E-state index contributed by atoms with van der Waals surface area (Å²) in [7, 11) is 0. The van der Waals surface area contributed by atoms with E-state index in [-0.39, 0.29) is 5.91 Å². The Bertz CT molecular complexity index is 385. The number of aromatic nitrogens is 2. The van der Waals surface area contributed by atoms with Crippen molar-refractivity contribution >= 4 is 21.8 Å². The number of rotatable bonds is 2. The molecule has 0 aromatic carbocycles. The van der Waals surface area contributed by atoms with Crippen LogP contribution in [0, 0.1) is 5.92 Å². The van der Waals surface area contributed by atoms with E-state index in [1.165, 1.54) is 0 Å². The van der Waals surface area contributed by atoms with Crippen LogP contribution >= 0.6 is 15.9 Å². The number of hydrogen-bond donors (Lipinski definition) is 0. The number of carbonyl (C=O) groups excluding carboxylic acids is 1. The summed E-state index contributed by atoms with van der Waals surface area (Å²) in [5.74, 6) is 0.813. The van der Waals surface area contributed by atoms with E-state index < -0.39 is 0 Å². The highest BCUT2D eigenvalue weighted by Crippen LogP contribution is 2.20. The first kappa shape index (κ1) is 12.5. The van der Waals surface area contributed by atoms with E-state index in [0.29, 0.717) is 5.92 Å². The molecule has 1 saturated heterocycles. The van der Waals surface area contributed by atoms with Gasteiger partial charge in [0.05, 0.1) is 11.9 Å². The van der Waals surface area contributed by atoms with Gasteiger partial charge in [0, 0.05) is 26.2 Å². The number of piperidine rings is 1. The Hall–Kier alpha value is -0.970. The zero-order chi connectivity index (χ0) is 12.3. The first-order chi connectivity index (χ1) is 8.15. The molecule has 1 aliphatic rings. The molecule has 0 saturated carbocycles. The van der Waals surface area contributed by atoms with Crippen molar-refractivity contribution in [3.05, 3.63) is 22.7 Å². The van der Waals surface area contributed by atoms with E-state index in [4.69, 9.17) is 0 Å². The van der Waals surface area contributed by atoms with Crippen molar-refractivity contribution < 1.29 is 4.79 Å². The predicted molar refractivity (Wildman–Crippen MR) is 68.4 cm³/mol. The van der Waals surface area contributed by atoms with Gasteiger partial charge in [-0.2, -0.15) is 0 Å². The summed E-state index contributed by atoms with van der Waals surface area (Å²) in [6.45, 7) is 3.40. The van der Waals surface area contributed by atoms with E-state index >= 15 is 0 Å². The second-order valence-corrected chi connectivity index (χ2v) is 5.30. The zero-order valence-electron chi connectivity index (χ0n) is 9.90. The fraction of sp³-hybridized carbons (Fsp3) is 0.583. The van der Waals surface area contributed by atoms with Gasteiger partial charge < -0.3 is 4.90 Å². The quantitative estimate of drug-likeness (QED) is 0.839. The van der Waals surface area contributed by atoms with Crippen LogP contribution in [0.2, 0.25) is 0 Å². The van der Waals surface area contributed by atoms with Crippen molar-refractivity contribution in [2.75, 3.05) is 13.1 Å². The number of halogens is 1. The Balaban J connectivity index is 1.85. The maximum absolute atomic E-state index is 11.2. The Morgan fingerprint density at radius 1 is 1.41 bits per heavy atom. The first-order valence-electron chi connectivity index (χ1n) is 5.87. The summed E-state index contributed by atoms with van der Waals surface area (Å²) in [6, 6.07) is 0. The molecule has 0 aliphatic carbocycles. The van der Waals surface area contributed by atoms with Crippen LogP contribution in [0.25, 0.3) is 0 Å². The van der Waals surface area contributed by atoms with Gasteiger partial charge in [0.1, 0.15) is 4.60 Å². The smallest absolute Gasteiger partial charge is 0.219 e. The Morgan fingerprint density at radius 2 is 2.12 bits per heavy atom. The van der Waals surface area contributed by atoms with Crippen molar-refractivity contribution in [2.45, 2.75) is 26.2 Å². The Morgan fingerprint density at radius 3 is 2.65 bits per heavy atom. The second kappa shape index (κ2) is 5.58. The van der Waals surface area contributed by atoms with E-state index in [1.807, 2.05) is 11.1 Å². The monoisotopic (exact) mass is 297 g/mol. The van der Waals surface area contributed by atoms with Gasteiger partial charge in [-0.15, -0.1) is 0 Å². The lowest BCUT2D eigenvalue weighted by Crippen LogP contribution is -2.37. The van der Waals surface area contributed by atoms with Gasteiger partial charge in [0.25, 0.3) is 0 Å². The Kier molecular flexibility index (Phi) is 4.10. The van der Waals surface area contributed by atoms with E-state index in [0.717, 1.165) is 42.6 Å². The molecular formula is C12H16BrN3O. The normalized spacial score (nSPS) is 17.2. The van der Waals surface area contributed by atoms with Gasteiger partial charge in [0.15, 0.2) is 0 Å². The summed E-state index contributed by atoms with van der Waals surface area (Å²) in [4.78, 5) is 21.6. The van der Waals surface area contributed by atoms with Gasteiger partial charge in [-0.3, -0.25) is 9.78 Å². The highest BCUT2D eigenvalue weighted by molar-refractivity contribution is 9.10. The number of amides is 1. The molecule has 0 unspecified atom stereocenters. The molecule has 17 heavy (non-hydrogen) atoms. The average molecular weight is 298 g/mol. The summed E-state index contributed by atoms with van der Waals surface area (Å²) < 4.78 is 0.771. The molecule has 0 atom stereocenters. The van der Waals surface area contributed by atoms with Crippen LogP contribution in [-0.4, -0.2) is 33.9 Å². The lowest BCUT2D eigenvalue weighted by Gasteiger charge is -2.31. The maximum atomic E-state index is 11.2. The lowest BCUT2D eigenvalue weighted by atomic mass is 9.92. The largest absolute Gasteiger partial charge is 0.343 e. The van der Waals surface area contributed by atoms with Crippen LogP contribution in [0.15, 0.2) is 17.0 Å². The van der Waals surface area contributed by atoms with Crippen molar-refractivity contribution in [1.82, 2.24) is 14.9 Å². The van der Waals surface area contributed by atoms with Gasteiger partial charge in [0.2, 0.25) is 5.91 Å². The van der Waals surface area contributed by atoms with Crippen LogP contribution in [0.1, 0.15) is 25.5 Å². The van der Waals surface area contributed by atoms with Gasteiger partial charge >= 0.3 is 0 Å². The predicted octanol–water partition coefficient (Wildman–Crippen LogP) is 2.04. The van der Waals surface area contributed by atoms with Crippen LogP contribution in [-0.2, 0) is 11.2 Å². The third-order valence-corrected chi connectivity index (χ3v) is 3.64. The molecule has 1 aromatic rings. The molecule has 1 amide bonds. The zero-order valence-corrected chi connectivity index (χ0v) is 11.5. The maximum Gasteiger partial charge on any atom is 0.219 e. The fourth-order valence-corrected chi connectivity index (χ4v) is 2.40. The summed E-state index contributed by atoms with van der Waals surface area (Å²) in [6.07, 6.45) is 6.65. The van der Waals surface area contributed by atoms with Crippen molar-refractivity contribution in [3.8, 4) is 0 Å². The van der Waals surface area contributed by atoms with Gasteiger partial charge in [-0.1, -0.05) is 0 Å². The van der Waals surface area contributed by atoms with Crippen molar-refractivity contribution in [2.24, 2.45) is 5.92 Å². The molecule has 0 bridgehead atoms. The lowest BCUT2D eigenvalue weighted by molar-refractivity contribution is -0.130. The number of hydrogen-bond acceptors (Lipinski definition) is 3. The molecule has 0 spiro atoms. The average Bonchev–Trinajstić information content (AvgIpc) is 2.33. The molecule has 1 aliphatic heterocycles. The standard InChI is InChI=1S/C12H16BrN3O/c1-9(17)16-4-2-10(3-5-16)6-11-7-15-12(13)8-14-11/h7-8,10H,2-6H2,1H3. The summed E-state index contributed by atoms with van der Waals surface area (Å²) >= 11 is 3.28.